The molecule has 1 amide bonds. The second kappa shape index (κ2) is 9.30. The van der Waals surface area contributed by atoms with Crippen LogP contribution < -0.4 is 9.62 Å². The van der Waals surface area contributed by atoms with E-state index in [9.17, 15) is 17.6 Å². The van der Waals surface area contributed by atoms with Gasteiger partial charge in [0.25, 0.3) is 10.0 Å². The third kappa shape index (κ3) is 5.03. The zero-order valence-electron chi connectivity index (χ0n) is 14.4. The maximum absolute atomic E-state index is 14.2. The van der Waals surface area contributed by atoms with Gasteiger partial charge in [-0.25, -0.2) is 12.8 Å². The zero-order valence-corrected chi connectivity index (χ0v) is 15.2. The number of ether oxygens (including phenoxy) is 1. The fourth-order valence-electron chi connectivity index (χ4n) is 2.30. The normalized spacial score (nSPS) is 11.2. The number of rotatable bonds is 9. The van der Waals surface area contributed by atoms with E-state index in [2.05, 4.69) is 5.32 Å². The van der Waals surface area contributed by atoms with Crippen molar-refractivity contribution in [1.29, 1.82) is 0 Å². The molecule has 0 saturated carbocycles. The molecular formula is C18H21FN2O4S. The predicted molar refractivity (Wildman–Crippen MR) is 96.9 cm³/mol. The first kappa shape index (κ1) is 19.9. The summed E-state index contributed by atoms with van der Waals surface area (Å²) in [6, 6.07) is 13.1. The van der Waals surface area contributed by atoms with Crippen molar-refractivity contribution in [3.8, 4) is 0 Å². The van der Waals surface area contributed by atoms with E-state index in [4.69, 9.17) is 4.74 Å². The van der Waals surface area contributed by atoms with Crippen LogP contribution in [0.4, 0.5) is 10.1 Å². The lowest BCUT2D eigenvalue weighted by Crippen LogP contribution is -2.41. The summed E-state index contributed by atoms with van der Waals surface area (Å²) in [4.78, 5) is 12.2. The maximum Gasteiger partial charge on any atom is 0.264 e. The molecule has 0 bridgehead atoms. The van der Waals surface area contributed by atoms with Gasteiger partial charge in [-0.15, -0.1) is 0 Å². The van der Waals surface area contributed by atoms with Crippen LogP contribution >= 0.6 is 0 Å². The van der Waals surface area contributed by atoms with Crippen LogP contribution in [-0.4, -0.2) is 41.1 Å². The molecule has 2 rings (SSSR count). The lowest BCUT2D eigenvalue weighted by molar-refractivity contribution is -0.119. The van der Waals surface area contributed by atoms with Gasteiger partial charge < -0.3 is 10.1 Å². The second-order valence-electron chi connectivity index (χ2n) is 5.47. The Morgan fingerprint density at radius 2 is 1.77 bits per heavy atom. The van der Waals surface area contributed by atoms with Gasteiger partial charge in [-0.3, -0.25) is 9.10 Å². The topological polar surface area (TPSA) is 75.7 Å². The van der Waals surface area contributed by atoms with Gasteiger partial charge in [0.1, 0.15) is 12.4 Å². The highest BCUT2D eigenvalue weighted by molar-refractivity contribution is 7.92. The highest BCUT2D eigenvalue weighted by Crippen LogP contribution is 2.25. The first-order valence-corrected chi connectivity index (χ1v) is 9.49. The highest BCUT2D eigenvalue weighted by Gasteiger charge is 2.28. The third-order valence-electron chi connectivity index (χ3n) is 3.59. The molecule has 0 saturated heterocycles. The predicted octanol–water partition coefficient (Wildman–Crippen LogP) is 2.17. The van der Waals surface area contributed by atoms with Crippen LogP contribution in [0.3, 0.4) is 0 Å². The monoisotopic (exact) mass is 380 g/mol. The quantitative estimate of drug-likeness (QED) is 0.677. The zero-order chi connectivity index (χ0) is 19.0. The summed E-state index contributed by atoms with van der Waals surface area (Å²) >= 11 is 0. The second-order valence-corrected chi connectivity index (χ2v) is 7.33. The molecule has 0 spiro atoms. The molecule has 6 nitrogen and oxygen atoms in total. The van der Waals surface area contributed by atoms with Gasteiger partial charge in [-0.2, -0.15) is 0 Å². The molecule has 0 fully saturated rings. The molecule has 0 aliphatic carbocycles. The number of para-hydroxylation sites is 1. The molecule has 0 aliphatic heterocycles. The van der Waals surface area contributed by atoms with Gasteiger partial charge >= 0.3 is 0 Å². The Labute approximate surface area is 152 Å². The fourth-order valence-corrected chi connectivity index (χ4v) is 3.75. The van der Waals surface area contributed by atoms with Crippen molar-refractivity contribution in [3.63, 3.8) is 0 Å². The van der Waals surface area contributed by atoms with E-state index in [1.54, 1.807) is 25.3 Å². The van der Waals surface area contributed by atoms with E-state index >= 15 is 0 Å². The van der Waals surface area contributed by atoms with Crippen LogP contribution in [0.1, 0.15) is 6.42 Å². The van der Waals surface area contributed by atoms with Crippen LogP contribution in [-0.2, 0) is 19.6 Å². The average Bonchev–Trinajstić information content (AvgIpc) is 2.65. The van der Waals surface area contributed by atoms with Crippen molar-refractivity contribution in [2.75, 3.05) is 31.1 Å². The molecule has 0 aliphatic rings. The SMILES string of the molecule is COCCCNC(=O)CN(c1ccccc1F)S(=O)(=O)c1ccccc1. The number of halogens is 1. The Kier molecular flexibility index (Phi) is 7.11. The number of carbonyl (C=O) groups is 1. The number of anilines is 1. The number of sulfonamides is 1. The van der Waals surface area contributed by atoms with Gasteiger partial charge in [-0.05, 0) is 30.7 Å². The van der Waals surface area contributed by atoms with Crippen LogP contribution in [0.25, 0.3) is 0 Å². The standard InChI is InChI=1S/C18H21FN2O4S/c1-25-13-7-12-20-18(22)14-21(17-11-6-5-10-16(17)19)26(23,24)15-8-3-2-4-9-15/h2-6,8-11H,7,12-14H2,1H3,(H,20,22). The lowest BCUT2D eigenvalue weighted by Gasteiger charge is -2.24. The Morgan fingerprint density at radius 3 is 2.42 bits per heavy atom. The molecular weight excluding hydrogens is 359 g/mol. The maximum atomic E-state index is 14.2. The number of carbonyl (C=O) groups excluding carboxylic acids is 1. The molecule has 8 heteroatoms. The minimum Gasteiger partial charge on any atom is -0.385 e. The summed E-state index contributed by atoms with van der Waals surface area (Å²) in [6.07, 6.45) is 0.591. The summed E-state index contributed by atoms with van der Waals surface area (Å²) in [6.45, 7) is 0.286. The molecule has 140 valence electrons. The molecule has 0 atom stereocenters. The van der Waals surface area contributed by atoms with E-state index in [0.29, 0.717) is 19.6 Å². The number of benzene rings is 2. The number of methoxy groups -OCH3 is 1. The van der Waals surface area contributed by atoms with Crippen LogP contribution in [0, 0.1) is 5.82 Å². The van der Waals surface area contributed by atoms with E-state index in [-0.39, 0.29) is 10.6 Å². The number of hydrogen-bond donors (Lipinski definition) is 1. The lowest BCUT2D eigenvalue weighted by atomic mass is 10.3. The molecule has 0 radical (unpaired) electrons. The first-order valence-electron chi connectivity index (χ1n) is 8.05. The van der Waals surface area contributed by atoms with Gasteiger partial charge in [0.15, 0.2) is 0 Å². The highest BCUT2D eigenvalue weighted by atomic mass is 32.2. The molecule has 2 aromatic rings. The van der Waals surface area contributed by atoms with Gasteiger partial charge in [0.05, 0.1) is 10.6 Å². The molecule has 1 N–H and O–H groups in total. The van der Waals surface area contributed by atoms with E-state index in [1.807, 2.05) is 0 Å². The summed E-state index contributed by atoms with van der Waals surface area (Å²) < 4.78 is 45.8. The molecule has 0 unspecified atom stereocenters. The average molecular weight is 380 g/mol. The van der Waals surface area contributed by atoms with Gasteiger partial charge in [0.2, 0.25) is 5.91 Å². The first-order chi connectivity index (χ1) is 12.5. The van der Waals surface area contributed by atoms with Crippen molar-refractivity contribution in [2.45, 2.75) is 11.3 Å². The largest absolute Gasteiger partial charge is 0.385 e. The minimum absolute atomic E-state index is 0.0181. The van der Waals surface area contributed by atoms with Crippen molar-refractivity contribution >= 4 is 21.6 Å². The summed E-state index contributed by atoms with van der Waals surface area (Å²) in [5.74, 6) is -1.25. The van der Waals surface area contributed by atoms with Crippen molar-refractivity contribution in [2.24, 2.45) is 0 Å². The smallest absolute Gasteiger partial charge is 0.264 e. The van der Waals surface area contributed by atoms with Crippen LogP contribution in [0.15, 0.2) is 59.5 Å². The van der Waals surface area contributed by atoms with Crippen molar-refractivity contribution in [1.82, 2.24) is 5.32 Å². The van der Waals surface area contributed by atoms with Crippen LogP contribution in [0.5, 0.6) is 0 Å². The fraction of sp³-hybridized carbons (Fsp3) is 0.278. The van der Waals surface area contributed by atoms with Crippen molar-refractivity contribution < 1.29 is 22.3 Å². The minimum atomic E-state index is -4.10. The summed E-state index contributed by atoms with van der Waals surface area (Å²) in [7, 11) is -2.55. The van der Waals surface area contributed by atoms with E-state index < -0.39 is 28.3 Å². The Morgan fingerprint density at radius 1 is 1.12 bits per heavy atom. The third-order valence-corrected chi connectivity index (χ3v) is 5.36. The van der Waals surface area contributed by atoms with Crippen molar-refractivity contribution in [3.05, 3.63) is 60.4 Å². The summed E-state index contributed by atoms with van der Waals surface area (Å²) in [5.41, 5.74) is -0.177. The molecule has 0 heterocycles. The van der Waals surface area contributed by atoms with Crippen LogP contribution in [0.2, 0.25) is 0 Å². The van der Waals surface area contributed by atoms with Gasteiger partial charge in [0, 0.05) is 20.3 Å². The molecule has 0 aromatic heterocycles. The van der Waals surface area contributed by atoms with Gasteiger partial charge in [-0.1, -0.05) is 30.3 Å². The Balaban J connectivity index is 2.29. The number of nitrogens with zero attached hydrogens (tertiary/aromatic N) is 1. The number of hydrogen-bond acceptors (Lipinski definition) is 4. The number of amides is 1. The number of nitrogens with one attached hydrogen (secondary N) is 1. The van der Waals surface area contributed by atoms with E-state index in [1.165, 1.54) is 30.3 Å². The molecule has 2 aromatic carbocycles. The summed E-state index contributed by atoms with van der Waals surface area (Å²) in [5, 5.41) is 2.61. The van der Waals surface area contributed by atoms with E-state index in [0.717, 1.165) is 10.4 Å². The Bertz CT molecular complexity index is 828. The Hall–Kier alpha value is -2.45. The molecule has 26 heavy (non-hydrogen) atoms.